The number of benzene rings is 1. The molecule has 0 spiro atoms. The highest BCUT2D eigenvalue weighted by atomic mass is 32.2. The van der Waals surface area contributed by atoms with E-state index in [-0.39, 0.29) is 11.4 Å². The lowest BCUT2D eigenvalue weighted by atomic mass is 9.90. The third-order valence-corrected chi connectivity index (χ3v) is 7.66. The van der Waals surface area contributed by atoms with Gasteiger partial charge in [-0.15, -0.1) is 10.2 Å². The number of hydrogen-bond acceptors (Lipinski definition) is 7. The first kappa shape index (κ1) is 20.3. The lowest BCUT2D eigenvalue weighted by Crippen LogP contribution is -2.16. The third-order valence-electron chi connectivity index (χ3n) is 5.53. The molecule has 0 saturated heterocycles. The van der Waals surface area contributed by atoms with E-state index in [2.05, 4.69) is 20.3 Å². The summed E-state index contributed by atoms with van der Waals surface area (Å²) in [7, 11) is 1.84. The lowest BCUT2D eigenvalue weighted by Gasteiger charge is -2.18. The largest absolute Gasteiger partial charge is 0.305 e. The maximum Gasteiger partial charge on any atom is 0.275 e. The quantitative estimate of drug-likeness (QED) is 0.414. The van der Waals surface area contributed by atoms with Crippen LogP contribution in [0.4, 0.5) is 4.39 Å². The summed E-state index contributed by atoms with van der Waals surface area (Å²) in [4.78, 5) is 17.9. The summed E-state index contributed by atoms with van der Waals surface area (Å²) in [6, 6.07) is 7.81. The van der Waals surface area contributed by atoms with Crippen LogP contribution < -0.4 is 5.56 Å². The Morgan fingerprint density at radius 1 is 1.19 bits per heavy atom. The van der Waals surface area contributed by atoms with Crippen LogP contribution in [0.3, 0.4) is 0 Å². The Labute approximate surface area is 186 Å². The van der Waals surface area contributed by atoms with Crippen LogP contribution in [0.1, 0.15) is 48.7 Å². The van der Waals surface area contributed by atoms with E-state index in [0.717, 1.165) is 17.8 Å². The fourth-order valence-electron chi connectivity index (χ4n) is 3.92. The molecule has 0 radical (unpaired) electrons. The zero-order valence-corrected chi connectivity index (χ0v) is 18.6. The standard InChI is InChI=1S/C21H21FN6OS2/c1-27-18(14-8-5-9-15(22)10-14)24-25-21(27)30-12-16-11-17(29)28-20(23-16)31-19(26-28)13-6-3-2-4-7-13/h5,8-11,13H,2-4,6-7,12H2,1H3. The van der Waals surface area contributed by atoms with Crippen molar-refractivity contribution in [1.82, 2.24) is 29.4 Å². The molecule has 1 aromatic carbocycles. The van der Waals surface area contributed by atoms with Crippen molar-refractivity contribution in [3.8, 4) is 11.4 Å². The Balaban J connectivity index is 1.36. The van der Waals surface area contributed by atoms with Gasteiger partial charge in [0.2, 0.25) is 4.96 Å². The summed E-state index contributed by atoms with van der Waals surface area (Å²) in [6.07, 6.45) is 6.00. The normalized spacial score (nSPS) is 15.0. The average molecular weight is 457 g/mol. The van der Waals surface area contributed by atoms with Crippen molar-refractivity contribution in [1.29, 1.82) is 0 Å². The highest BCUT2D eigenvalue weighted by Gasteiger charge is 2.21. The van der Waals surface area contributed by atoms with Crippen molar-refractivity contribution in [3.63, 3.8) is 0 Å². The summed E-state index contributed by atoms with van der Waals surface area (Å²) in [6.45, 7) is 0. The first-order valence-electron chi connectivity index (χ1n) is 10.3. The minimum Gasteiger partial charge on any atom is -0.305 e. The van der Waals surface area contributed by atoms with Crippen molar-refractivity contribution in [2.24, 2.45) is 7.05 Å². The molecule has 1 aliphatic rings. The van der Waals surface area contributed by atoms with Gasteiger partial charge >= 0.3 is 0 Å². The molecular formula is C21H21FN6OS2. The molecule has 3 aromatic heterocycles. The van der Waals surface area contributed by atoms with E-state index in [9.17, 15) is 9.18 Å². The summed E-state index contributed by atoms with van der Waals surface area (Å²) in [5.74, 6) is 1.20. The van der Waals surface area contributed by atoms with Gasteiger partial charge in [0, 0.05) is 30.3 Å². The van der Waals surface area contributed by atoms with Gasteiger partial charge < -0.3 is 4.57 Å². The minimum atomic E-state index is -0.315. The van der Waals surface area contributed by atoms with Crippen molar-refractivity contribution >= 4 is 28.1 Å². The highest BCUT2D eigenvalue weighted by molar-refractivity contribution is 7.98. The molecule has 3 heterocycles. The highest BCUT2D eigenvalue weighted by Crippen LogP contribution is 2.34. The summed E-state index contributed by atoms with van der Waals surface area (Å²) >= 11 is 2.96. The average Bonchev–Trinajstić information content (AvgIpc) is 3.37. The first-order chi connectivity index (χ1) is 15.1. The van der Waals surface area contributed by atoms with E-state index in [1.807, 2.05) is 11.6 Å². The molecule has 0 unspecified atom stereocenters. The molecule has 4 aromatic rings. The predicted molar refractivity (Wildman–Crippen MR) is 119 cm³/mol. The second-order valence-electron chi connectivity index (χ2n) is 7.72. The van der Waals surface area contributed by atoms with Gasteiger partial charge in [0.05, 0.1) is 5.69 Å². The Hall–Kier alpha value is -2.59. The molecule has 0 aliphatic heterocycles. The second kappa shape index (κ2) is 8.51. The van der Waals surface area contributed by atoms with E-state index in [1.54, 1.807) is 12.1 Å². The van der Waals surface area contributed by atoms with Crippen LogP contribution in [0.15, 0.2) is 40.3 Å². The number of nitrogens with zero attached hydrogens (tertiary/aromatic N) is 6. The fraction of sp³-hybridized carbons (Fsp3) is 0.381. The Bertz CT molecular complexity index is 1290. The summed E-state index contributed by atoms with van der Waals surface area (Å²) in [5.41, 5.74) is 1.20. The molecular weight excluding hydrogens is 435 g/mol. The van der Waals surface area contributed by atoms with E-state index >= 15 is 0 Å². The van der Waals surface area contributed by atoms with Crippen LogP contribution >= 0.6 is 23.1 Å². The maximum atomic E-state index is 13.5. The topological polar surface area (TPSA) is 78.0 Å². The number of rotatable bonds is 5. The van der Waals surface area contributed by atoms with E-state index < -0.39 is 0 Å². The Morgan fingerprint density at radius 3 is 2.84 bits per heavy atom. The van der Waals surface area contributed by atoms with Crippen molar-refractivity contribution in [3.05, 3.63) is 57.2 Å². The monoisotopic (exact) mass is 456 g/mol. The molecule has 0 amide bonds. The third kappa shape index (κ3) is 4.14. The first-order valence-corrected chi connectivity index (χ1v) is 12.1. The van der Waals surface area contributed by atoms with Crippen LogP contribution in [0.25, 0.3) is 16.3 Å². The van der Waals surface area contributed by atoms with E-state index in [4.69, 9.17) is 0 Å². The molecule has 0 atom stereocenters. The minimum absolute atomic E-state index is 0.155. The van der Waals surface area contributed by atoms with Crippen LogP contribution in [0, 0.1) is 5.82 Å². The number of thioether (sulfide) groups is 1. The zero-order valence-electron chi connectivity index (χ0n) is 17.0. The van der Waals surface area contributed by atoms with Crippen molar-refractivity contribution in [2.75, 3.05) is 0 Å². The van der Waals surface area contributed by atoms with Gasteiger partial charge in [-0.1, -0.05) is 54.5 Å². The molecule has 1 saturated carbocycles. The van der Waals surface area contributed by atoms with Gasteiger partial charge in [-0.25, -0.2) is 9.37 Å². The molecule has 1 aliphatic carbocycles. The number of halogens is 1. The summed E-state index contributed by atoms with van der Waals surface area (Å²) < 4.78 is 16.8. The second-order valence-corrected chi connectivity index (χ2v) is 9.65. The molecule has 5 rings (SSSR count). The van der Waals surface area contributed by atoms with Gasteiger partial charge in [-0.05, 0) is 25.0 Å². The lowest BCUT2D eigenvalue weighted by molar-refractivity contribution is 0.439. The van der Waals surface area contributed by atoms with Gasteiger partial charge in [-0.3, -0.25) is 4.79 Å². The van der Waals surface area contributed by atoms with Crippen LogP contribution in [-0.4, -0.2) is 29.4 Å². The zero-order chi connectivity index (χ0) is 21.4. The fourth-order valence-corrected chi connectivity index (χ4v) is 5.81. The smallest absolute Gasteiger partial charge is 0.275 e. The van der Waals surface area contributed by atoms with Gasteiger partial charge in [0.15, 0.2) is 11.0 Å². The molecule has 7 nitrogen and oxygen atoms in total. The van der Waals surface area contributed by atoms with Gasteiger partial charge in [-0.2, -0.15) is 9.61 Å². The molecule has 0 N–H and O–H groups in total. The van der Waals surface area contributed by atoms with E-state index in [1.165, 1.54) is 65.1 Å². The maximum absolute atomic E-state index is 13.5. The molecule has 160 valence electrons. The van der Waals surface area contributed by atoms with Crippen molar-refractivity contribution in [2.45, 2.75) is 48.9 Å². The van der Waals surface area contributed by atoms with Crippen molar-refractivity contribution < 1.29 is 4.39 Å². The van der Waals surface area contributed by atoms with Gasteiger partial charge in [0.1, 0.15) is 10.8 Å². The Kier molecular flexibility index (Phi) is 5.58. The van der Waals surface area contributed by atoms with Gasteiger partial charge in [0.25, 0.3) is 5.56 Å². The van der Waals surface area contributed by atoms with Crippen LogP contribution in [-0.2, 0) is 12.8 Å². The predicted octanol–water partition coefficient (Wildman–Crippen LogP) is 4.43. The number of fused-ring (bicyclic) bond motifs is 1. The Morgan fingerprint density at radius 2 is 2.03 bits per heavy atom. The number of aromatic nitrogens is 6. The summed E-state index contributed by atoms with van der Waals surface area (Å²) in [5, 5.41) is 14.7. The molecule has 31 heavy (non-hydrogen) atoms. The molecule has 0 bridgehead atoms. The number of hydrogen-bond donors (Lipinski definition) is 0. The molecule has 10 heteroatoms. The van der Waals surface area contributed by atoms with Crippen LogP contribution in [0.2, 0.25) is 0 Å². The molecule has 1 fully saturated rings. The SMILES string of the molecule is Cn1c(SCc2cc(=O)n3nc(C4CCCCC4)sc3n2)nnc1-c1cccc(F)c1. The van der Waals surface area contributed by atoms with E-state index in [0.29, 0.717) is 38.9 Å². The van der Waals surface area contributed by atoms with Crippen LogP contribution in [0.5, 0.6) is 0 Å².